The molecular weight excluding hydrogens is 284 g/mol. The third kappa shape index (κ3) is 3.42. The number of hydrogen-bond donors (Lipinski definition) is 1. The van der Waals surface area contributed by atoms with E-state index in [-0.39, 0.29) is 0 Å². The lowest BCUT2D eigenvalue weighted by atomic mass is 10.1. The summed E-state index contributed by atoms with van der Waals surface area (Å²) in [5.74, 6) is 0. The molecule has 21 heavy (non-hydrogen) atoms. The summed E-state index contributed by atoms with van der Waals surface area (Å²) in [5, 5.41) is 5.57. The van der Waals surface area contributed by atoms with Crippen LogP contribution < -0.4 is 5.32 Å². The van der Waals surface area contributed by atoms with Crippen LogP contribution in [0.25, 0.3) is 10.9 Å². The predicted octanol–water partition coefficient (Wildman–Crippen LogP) is 3.97. The Morgan fingerprint density at radius 1 is 1.43 bits per heavy atom. The third-order valence-electron chi connectivity index (χ3n) is 4.05. The van der Waals surface area contributed by atoms with Crippen molar-refractivity contribution in [1.82, 2.24) is 9.88 Å². The van der Waals surface area contributed by atoms with E-state index in [4.69, 9.17) is 16.3 Å². The molecule has 2 aromatic rings. The predicted molar refractivity (Wildman–Crippen MR) is 87.9 cm³/mol. The molecule has 1 saturated heterocycles. The molecule has 0 radical (unpaired) electrons. The van der Waals surface area contributed by atoms with Crippen molar-refractivity contribution in [1.29, 1.82) is 0 Å². The minimum atomic E-state index is 0.338. The van der Waals surface area contributed by atoms with E-state index in [2.05, 4.69) is 42.1 Å². The Kier molecular flexibility index (Phi) is 4.53. The van der Waals surface area contributed by atoms with Gasteiger partial charge in [-0.05, 0) is 30.5 Å². The van der Waals surface area contributed by atoms with Crippen molar-refractivity contribution in [3.05, 3.63) is 35.0 Å². The van der Waals surface area contributed by atoms with Crippen molar-refractivity contribution < 1.29 is 4.74 Å². The van der Waals surface area contributed by atoms with E-state index in [1.165, 1.54) is 22.9 Å². The van der Waals surface area contributed by atoms with Gasteiger partial charge in [0.2, 0.25) is 0 Å². The molecule has 1 unspecified atom stereocenters. The maximum Gasteiger partial charge on any atom is 0.0754 e. The van der Waals surface area contributed by atoms with Crippen LogP contribution in [0.15, 0.2) is 24.4 Å². The molecule has 1 fully saturated rings. The van der Waals surface area contributed by atoms with Gasteiger partial charge in [0, 0.05) is 47.9 Å². The van der Waals surface area contributed by atoms with Crippen LogP contribution in [0.2, 0.25) is 5.02 Å². The highest BCUT2D eigenvalue weighted by molar-refractivity contribution is 6.31. The first kappa shape index (κ1) is 14.9. The summed E-state index contributed by atoms with van der Waals surface area (Å²) < 4.78 is 8.07. The van der Waals surface area contributed by atoms with Gasteiger partial charge in [-0.1, -0.05) is 31.5 Å². The fourth-order valence-electron chi connectivity index (χ4n) is 2.95. The average molecular weight is 307 g/mol. The SMILES string of the molecule is CC(C)NCc1cn(CC2CCCO2)c2cc(Cl)ccc12. The normalized spacial score (nSPS) is 19.0. The van der Waals surface area contributed by atoms with Gasteiger partial charge in [0.25, 0.3) is 0 Å². The van der Waals surface area contributed by atoms with Crippen LogP contribution in [0, 0.1) is 0 Å². The summed E-state index contributed by atoms with van der Waals surface area (Å²) in [4.78, 5) is 0. The second-order valence-corrected chi connectivity index (χ2v) is 6.58. The maximum absolute atomic E-state index is 6.18. The fraction of sp³-hybridized carbons (Fsp3) is 0.529. The van der Waals surface area contributed by atoms with Crippen molar-refractivity contribution in [2.45, 2.75) is 51.9 Å². The fourth-order valence-corrected chi connectivity index (χ4v) is 3.12. The molecule has 1 aromatic carbocycles. The largest absolute Gasteiger partial charge is 0.376 e. The molecular formula is C17H23ClN2O. The Labute approximate surface area is 131 Å². The van der Waals surface area contributed by atoms with Crippen LogP contribution in [0.1, 0.15) is 32.3 Å². The molecule has 4 heteroatoms. The van der Waals surface area contributed by atoms with E-state index < -0.39 is 0 Å². The minimum absolute atomic E-state index is 0.338. The van der Waals surface area contributed by atoms with Gasteiger partial charge in [-0.25, -0.2) is 0 Å². The van der Waals surface area contributed by atoms with Crippen molar-refractivity contribution >= 4 is 22.5 Å². The Bertz CT molecular complexity index is 615. The Balaban J connectivity index is 1.91. The standard InChI is InChI=1S/C17H23ClN2O/c1-12(2)19-9-13-10-20(11-15-4-3-7-21-15)17-8-14(18)5-6-16(13)17/h5-6,8,10,12,15,19H,3-4,7,9,11H2,1-2H3. The van der Waals surface area contributed by atoms with Gasteiger partial charge in [0.1, 0.15) is 0 Å². The molecule has 1 N–H and O–H groups in total. The Hall–Kier alpha value is -1.03. The second kappa shape index (κ2) is 6.39. The number of nitrogens with one attached hydrogen (secondary N) is 1. The van der Waals surface area contributed by atoms with Gasteiger partial charge in [-0.15, -0.1) is 0 Å². The van der Waals surface area contributed by atoms with Crippen LogP contribution in [0.4, 0.5) is 0 Å². The van der Waals surface area contributed by atoms with Crippen LogP contribution in [-0.2, 0) is 17.8 Å². The van der Waals surface area contributed by atoms with E-state index in [0.29, 0.717) is 12.1 Å². The lowest BCUT2D eigenvalue weighted by Gasteiger charge is -2.11. The molecule has 2 heterocycles. The monoisotopic (exact) mass is 306 g/mol. The lowest BCUT2D eigenvalue weighted by Crippen LogP contribution is -2.21. The van der Waals surface area contributed by atoms with Gasteiger partial charge < -0.3 is 14.6 Å². The summed E-state index contributed by atoms with van der Waals surface area (Å²) in [6, 6.07) is 6.64. The van der Waals surface area contributed by atoms with Crippen LogP contribution in [0.5, 0.6) is 0 Å². The lowest BCUT2D eigenvalue weighted by molar-refractivity contribution is 0.0980. The molecule has 0 bridgehead atoms. The first-order valence-electron chi connectivity index (χ1n) is 7.76. The van der Waals surface area contributed by atoms with Gasteiger partial charge in [-0.2, -0.15) is 0 Å². The molecule has 3 nitrogen and oxygen atoms in total. The highest BCUT2D eigenvalue weighted by Gasteiger charge is 2.18. The van der Waals surface area contributed by atoms with Crippen molar-refractivity contribution in [3.8, 4) is 0 Å². The number of fused-ring (bicyclic) bond motifs is 1. The molecule has 114 valence electrons. The van der Waals surface area contributed by atoms with Gasteiger partial charge in [-0.3, -0.25) is 0 Å². The average Bonchev–Trinajstić information content (AvgIpc) is 3.05. The summed E-state index contributed by atoms with van der Waals surface area (Å²) in [6.45, 7) is 7.03. The molecule has 0 saturated carbocycles. The van der Waals surface area contributed by atoms with E-state index >= 15 is 0 Å². The zero-order chi connectivity index (χ0) is 14.8. The molecule has 1 aliphatic rings. The number of aromatic nitrogens is 1. The zero-order valence-electron chi connectivity index (χ0n) is 12.7. The molecule has 1 atom stereocenters. The number of rotatable bonds is 5. The molecule has 0 aliphatic carbocycles. The second-order valence-electron chi connectivity index (χ2n) is 6.14. The summed E-state index contributed by atoms with van der Waals surface area (Å²) in [5.41, 5.74) is 2.53. The number of benzene rings is 1. The van der Waals surface area contributed by atoms with Gasteiger partial charge in [0.05, 0.1) is 6.10 Å². The molecule has 0 amide bonds. The van der Waals surface area contributed by atoms with Crippen LogP contribution >= 0.6 is 11.6 Å². The number of nitrogens with zero attached hydrogens (tertiary/aromatic N) is 1. The van der Waals surface area contributed by atoms with Gasteiger partial charge >= 0.3 is 0 Å². The molecule has 3 rings (SSSR count). The molecule has 1 aliphatic heterocycles. The van der Waals surface area contributed by atoms with Crippen LogP contribution in [-0.4, -0.2) is 23.3 Å². The maximum atomic E-state index is 6.18. The van der Waals surface area contributed by atoms with Crippen molar-refractivity contribution in [3.63, 3.8) is 0 Å². The third-order valence-corrected chi connectivity index (χ3v) is 4.29. The Morgan fingerprint density at radius 2 is 2.29 bits per heavy atom. The molecule has 1 aromatic heterocycles. The van der Waals surface area contributed by atoms with E-state index in [9.17, 15) is 0 Å². The van der Waals surface area contributed by atoms with Gasteiger partial charge in [0.15, 0.2) is 0 Å². The highest BCUT2D eigenvalue weighted by atomic mass is 35.5. The Morgan fingerprint density at radius 3 is 3.00 bits per heavy atom. The summed E-state index contributed by atoms with van der Waals surface area (Å²) >= 11 is 6.18. The first-order chi connectivity index (χ1) is 10.1. The summed E-state index contributed by atoms with van der Waals surface area (Å²) in [6.07, 6.45) is 4.91. The number of hydrogen-bond acceptors (Lipinski definition) is 2. The van der Waals surface area contributed by atoms with E-state index in [1.807, 2.05) is 6.07 Å². The number of halogens is 1. The number of ether oxygens (including phenoxy) is 1. The first-order valence-corrected chi connectivity index (χ1v) is 8.13. The van der Waals surface area contributed by atoms with Crippen LogP contribution in [0.3, 0.4) is 0 Å². The van der Waals surface area contributed by atoms with E-state index in [1.54, 1.807) is 0 Å². The topological polar surface area (TPSA) is 26.2 Å². The smallest absolute Gasteiger partial charge is 0.0754 e. The van der Waals surface area contributed by atoms with E-state index in [0.717, 1.165) is 31.1 Å². The highest BCUT2D eigenvalue weighted by Crippen LogP contribution is 2.26. The summed E-state index contributed by atoms with van der Waals surface area (Å²) in [7, 11) is 0. The zero-order valence-corrected chi connectivity index (χ0v) is 13.5. The van der Waals surface area contributed by atoms with Crippen molar-refractivity contribution in [2.75, 3.05) is 6.61 Å². The minimum Gasteiger partial charge on any atom is -0.376 e. The van der Waals surface area contributed by atoms with Crippen molar-refractivity contribution in [2.24, 2.45) is 0 Å². The quantitative estimate of drug-likeness (QED) is 0.904. The molecule has 0 spiro atoms.